The molecule has 1 aromatic carbocycles. The molecule has 0 radical (unpaired) electrons. The number of aryl methyl sites for hydroxylation is 1. The van der Waals surface area contributed by atoms with Crippen molar-refractivity contribution in [2.45, 2.75) is 45.3 Å². The summed E-state index contributed by atoms with van der Waals surface area (Å²) in [5.41, 5.74) is 2.74. The van der Waals surface area contributed by atoms with Gasteiger partial charge in [-0.05, 0) is 50.3 Å². The van der Waals surface area contributed by atoms with Crippen LogP contribution in [0.1, 0.15) is 43.9 Å². The number of nitrogens with one attached hydrogen (secondary N) is 1. The van der Waals surface area contributed by atoms with Gasteiger partial charge in [-0.2, -0.15) is 0 Å². The lowest BCUT2D eigenvalue weighted by molar-refractivity contribution is 0.0205. The van der Waals surface area contributed by atoms with Crippen LogP contribution in [0.25, 0.3) is 0 Å². The van der Waals surface area contributed by atoms with Gasteiger partial charge in [0, 0.05) is 6.61 Å². The summed E-state index contributed by atoms with van der Waals surface area (Å²) in [6.45, 7) is 5.08. The van der Waals surface area contributed by atoms with E-state index in [1.54, 1.807) is 0 Å². The van der Waals surface area contributed by atoms with Gasteiger partial charge in [0.1, 0.15) is 0 Å². The van der Waals surface area contributed by atoms with E-state index < -0.39 is 0 Å². The topological polar surface area (TPSA) is 21.3 Å². The lowest BCUT2D eigenvalue weighted by Crippen LogP contribution is -2.33. The molecule has 18 heavy (non-hydrogen) atoms. The lowest BCUT2D eigenvalue weighted by Gasteiger charge is -2.27. The average Bonchev–Trinajstić information content (AvgIpc) is 3.23. The van der Waals surface area contributed by atoms with Crippen LogP contribution in [0.3, 0.4) is 0 Å². The second-order valence-corrected chi connectivity index (χ2v) is 5.12. The first-order valence-corrected chi connectivity index (χ1v) is 7.17. The minimum atomic E-state index is 0.323. The molecule has 2 rings (SSSR count). The molecular formula is C16H25NO. The van der Waals surface area contributed by atoms with E-state index in [0.717, 1.165) is 18.9 Å². The molecule has 0 aliphatic heterocycles. The largest absolute Gasteiger partial charge is 0.376 e. The molecular weight excluding hydrogens is 222 g/mol. The summed E-state index contributed by atoms with van der Waals surface area (Å²) in [5.74, 6) is 0.744. The van der Waals surface area contributed by atoms with Crippen LogP contribution >= 0.6 is 0 Å². The summed E-state index contributed by atoms with van der Waals surface area (Å²) < 4.78 is 5.97. The van der Waals surface area contributed by atoms with Crippen molar-refractivity contribution in [2.75, 3.05) is 13.7 Å². The minimum Gasteiger partial charge on any atom is -0.376 e. The first kappa shape index (κ1) is 13.6. The molecule has 2 atom stereocenters. The van der Waals surface area contributed by atoms with E-state index in [1.807, 2.05) is 7.05 Å². The summed E-state index contributed by atoms with van der Waals surface area (Å²) in [6, 6.07) is 9.27. The summed E-state index contributed by atoms with van der Waals surface area (Å²) in [7, 11) is 2.03. The Bertz CT molecular complexity index is 356. The van der Waals surface area contributed by atoms with Crippen LogP contribution in [0.4, 0.5) is 0 Å². The van der Waals surface area contributed by atoms with Crippen molar-refractivity contribution in [3.8, 4) is 0 Å². The van der Waals surface area contributed by atoms with Gasteiger partial charge < -0.3 is 10.1 Å². The molecule has 0 saturated heterocycles. The van der Waals surface area contributed by atoms with Gasteiger partial charge >= 0.3 is 0 Å². The van der Waals surface area contributed by atoms with Crippen LogP contribution in [-0.4, -0.2) is 19.8 Å². The second-order valence-electron chi connectivity index (χ2n) is 5.12. The first-order valence-electron chi connectivity index (χ1n) is 7.17. The summed E-state index contributed by atoms with van der Waals surface area (Å²) in [6.07, 6.45) is 4.06. The normalized spacial score (nSPS) is 18.6. The van der Waals surface area contributed by atoms with Crippen LogP contribution in [-0.2, 0) is 11.2 Å². The van der Waals surface area contributed by atoms with Crippen LogP contribution in [0, 0.1) is 5.92 Å². The molecule has 2 nitrogen and oxygen atoms in total. The molecule has 1 aliphatic rings. The van der Waals surface area contributed by atoms with Crippen molar-refractivity contribution >= 4 is 0 Å². The molecule has 1 N–H and O–H groups in total. The summed E-state index contributed by atoms with van der Waals surface area (Å²) >= 11 is 0. The molecule has 0 bridgehead atoms. The van der Waals surface area contributed by atoms with E-state index >= 15 is 0 Å². The maximum atomic E-state index is 5.97. The highest BCUT2D eigenvalue weighted by molar-refractivity contribution is 5.26. The number of likely N-dealkylation sites (N-methyl/N-ethyl adjacent to an activating group) is 1. The third-order valence-electron chi connectivity index (χ3n) is 3.83. The van der Waals surface area contributed by atoms with E-state index in [4.69, 9.17) is 4.74 Å². The molecule has 1 saturated carbocycles. The lowest BCUT2D eigenvalue weighted by atomic mass is 9.96. The SMILES string of the molecule is CCOC(C1CC1)C(NC)c1ccc(CC)cc1. The monoisotopic (exact) mass is 247 g/mol. The van der Waals surface area contributed by atoms with Crippen LogP contribution in [0.5, 0.6) is 0 Å². The summed E-state index contributed by atoms with van der Waals surface area (Å²) in [4.78, 5) is 0. The van der Waals surface area contributed by atoms with Crippen molar-refractivity contribution in [3.05, 3.63) is 35.4 Å². The van der Waals surface area contributed by atoms with Crippen LogP contribution < -0.4 is 5.32 Å². The molecule has 2 unspecified atom stereocenters. The molecule has 0 spiro atoms. The maximum Gasteiger partial charge on any atom is 0.0797 e. The second kappa shape index (κ2) is 6.35. The van der Waals surface area contributed by atoms with Crippen LogP contribution in [0.2, 0.25) is 0 Å². The summed E-state index contributed by atoms with van der Waals surface area (Å²) in [5, 5.41) is 3.44. The Morgan fingerprint density at radius 3 is 2.33 bits per heavy atom. The fourth-order valence-electron chi connectivity index (χ4n) is 2.60. The fourth-order valence-corrected chi connectivity index (χ4v) is 2.60. The van der Waals surface area contributed by atoms with E-state index in [2.05, 4.69) is 43.4 Å². The third-order valence-corrected chi connectivity index (χ3v) is 3.83. The smallest absolute Gasteiger partial charge is 0.0797 e. The third kappa shape index (κ3) is 3.12. The van der Waals surface area contributed by atoms with E-state index in [9.17, 15) is 0 Å². The van der Waals surface area contributed by atoms with Gasteiger partial charge in [-0.25, -0.2) is 0 Å². The Labute approximate surface area is 111 Å². The van der Waals surface area contributed by atoms with Gasteiger partial charge in [-0.15, -0.1) is 0 Å². The van der Waals surface area contributed by atoms with Crippen molar-refractivity contribution in [1.29, 1.82) is 0 Å². The number of rotatable bonds is 7. The Morgan fingerprint density at radius 2 is 1.89 bits per heavy atom. The van der Waals surface area contributed by atoms with Gasteiger partial charge in [-0.1, -0.05) is 31.2 Å². The predicted molar refractivity (Wildman–Crippen MR) is 75.8 cm³/mol. The van der Waals surface area contributed by atoms with Gasteiger partial charge in [0.25, 0.3) is 0 Å². The van der Waals surface area contributed by atoms with Gasteiger partial charge in [0.05, 0.1) is 12.1 Å². The van der Waals surface area contributed by atoms with E-state index in [1.165, 1.54) is 24.0 Å². The first-order chi connectivity index (χ1) is 8.80. The molecule has 0 aromatic heterocycles. The molecule has 100 valence electrons. The molecule has 2 heteroatoms. The number of benzene rings is 1. The highest BCUT2D eigenvalue weighted by Gasteiger charge is 2.37. The maximum absolute atomic E-state index is 5.97. The van der Waals surface area contributed by atoms with Crippen molar-refractivity contribution in [2.24, 2.45) is 5.92 Å². The fraction of sp³-hybridized carbons (Fsp3) is 0.625. The van der Waals surface area contributed by atoms with Crippen molar-refractivity contribution < 1.29 is 4.74 Å². The van der Waals surface area contributed by atoms with Gasteiger partial charge in [0.15, 0.2) is 0 Å². The zero-order valence-electron chi connectivity index (χ0n) is 11.8. The molecule has 1 fully saturated rings. The molecule has 1 aliphatic carbocycles. The Morgan fingerprint density at radius 1 is 1.22 bits per heavy atom. The van der Waals surface area contributed by atoms with Crippen molar-refractivity contribution in [1.82, 2.24) is 5.32 Å². The van der Waals surface area contributed by atoms with Crippen molar-refractivity contribution in [3.63, 3.8) is 0 Å². The molecule has 0 heterocycles. The Hall–Kier alpha value is -0.860. The van der Waals surface area contributed by atoms with E-state index in [-0.39, 0.29) is 0 Å². The van der Waals surface area contributed by atoms with Crippen LogP contribution in [0.15, 0.2) is 24.3 Å². The highest BCUT2D eigenvalue weighted by atomic mass is 16.5. The predicted octanol–water partition coefficient (Wildman–Crippen LogP) is 3.32. The Kier molecular flexibility index (Phi) is 4.79. The zero-order valence-corrected chi connectivity index (χ0v) is 11.8. The minimum absolute atomic E-state index is 0.323. The van der Waals surface area contributed by atoms with Gasteiger partial charge in [0.2, 0.25) is 0 Å². The number of hydrogen-bond donors (Lipinski definition) is 1. The molecule has 0 amide bonds. The Balaban J connectivity index is 2.14. The number of hydrogen-bond acceptors (Lipinski definition) is 2. The van der Waals surface area contributed by atoms with Gasteiger partial charge in [-0.3, -0.25) is 0 Å². The highest BCUT2D eigenvalue weighted by Crippen LogP contribution is 2.40. The quantitative estimate of drug-likeness (QED) is 0.798. The zero-order chi connectivity index (χ0) is 13.0. The standard InChI is InChI=1S/C16H25NO/c1-4-12-6-8-13(9-7-12)15(17-3)16(18-5-2)14-10-11-14/h6-9,14-17H,4-5,10-11H2,1-3H3. The van der Waals surface area contributed by atoms with E-state index in [0.29, 0.717) is 12.1 Å². The average molecular weight is 247 g/mol. The number of ether oxygens (including phenoxy) is 1. The molecule has 1 aromatic rings.